The molecule has 0 bridgehead atoms. The predicted octanol–water partition coefficient (Wildman–Crippen LogP) is 0.997. The van der Waals surface area contributed by atoms with Crippen LogP contribution < -0.4 is 10.2 Å². The number of rotatable bonds is 7. The molecule has 1 saturated heterocycles. The molecule has 1 N–H and O–H groups in total. The Morgan fingerprint density at radius 1 is 1.27 bits per heavy atom. The average molecular weight is 304 g/mol. The number of nitrogens with zero attached hydrogens (tertiary/aromatic N) is 3. The molecule has 2 rings (SSSR count). The minimum absolute atomic E-state index is 0.0704. The van der Waals surface area contributed by atoms with Crippen molar-refractivity contribution in [2.24, 2.45) is 0 Å². The van der Waals surface area contributed by atoms with Gasteiger partial charge in [0, 0.05) is 46.0 Å². The lowest BCUT2D eigenvalue weighted by atomic mass is 10.3. The molecule has 1 fully saturated rings. The van der Waals surface area contributed by atoms with E-state index in [1.165, 1.54) is 5.69 Å². The van der Waals surface area contributed by atoms with Gasteiger partial charge in [-0.3, -0.25) is 4.79 Å². The molecule has 6 heteroatoms. The van der Waals surface area contributed by atoms with Gasteiger partial charge in [0.2, 0.25) is 5.91 Å². The van der Waals surface area contributed by atoms with E-state index in [0.717, 1.165) is 13.0 Å². The SMILES string of the molecule is CN1CCN(CC(=O)NCCCN(C)c2ccccc2)C1=O. The molecule has 120 valence electrons. The van der Waals surface area contributed by atoms with Crippen molar-refractivity contribution in [1.82, 2.24) is 15.1 Å². The highest BCUT2D eigenvalue weighted by atomic mass is 16.2. The fraction of sp³-hybridized carbons (Fsp3) is 0.500. The third-order valence-electron chi connectivity index (χ3n) is 3.83. The van der Waals surface area contributed by atoms with E-state index in [-0.39, 0.29) is 18.5 Å². The number of anilines is 1. The fourth-order valence-corrected chi connectivity index (χ4v) is 2.43. The van der Waals surface area contributed by atoms with E-state index in [9.17, 15) is 9.59 Å². The summed E-state index contributed by atoms with van der Waals surface area (Å²) < 4.78 is 0. The molecule has 6 nitrogen and oxygen atoms in total. The second-order valence-corrected chi connectivity index (χ2v) is 5.59. The Morgan fingerprint density at radius 2 is 2.00 bits per heavy atom. The zero-order valence-corrected chi connectivity index (χ0v) is 13.3. The van der Waals surface area contributed by atoms with Crippen LogP contribution in [0.2, 0.25) is 0 Å². The van der Waals surface area contributed by atoms with Crippen LogP contribution in [0.4, 0.5) is 10.5 Å². The minimum Gasteiger partial charge on any atom is -0.375 e. The molecule has 0 spiro atoms. The van der Waals surface area contributed by atoms with E-state index >= 15 is 0 Å². The van der Waals surface area contributed by atoms with Gasteiger partial charge in [0.15, 0.2) is 0 Å². The summed E-state index contributed by atoms with van der Waals surface area (Å²) in [6, 6.07) is 10.1. The number of benzene rings is 1. The first-order valence-corrected chi connectivity index (χ1v) is 7.61. The van der Waals surface area contributed by atoms with Gasteiger partial charge in [-0.25, -0.2) is 4.79 Å². The lowest BCUT2D eigenvalue weighted by Gasteiger charge is -2.19. The lowest BCUT2D eigenvalue weighted by molar-refractivity contribution is -0.121. The molecular formula is C16H24N4O2. The molecule has 0 saturated carbocycles. The highest BCUT2D eigenvalue weighted by Crippen LogP contribution is 2.10. The molecular weight excluding hydrogens is 280 g/mol. The van der Waals surface area contributed by atoms with Crippen molar-refractivity contribution in [3.05, 3.63) is 30.3 Å². The Labute approximate surface area is 131 Å². The van der Waals surface area contributed by atoms with Crippen molar-refractivity contribution in [2.45, 2.75) is 6.42 Å². The molecule has 1 aliphatic rings. The maximum atomic E-state index is 11.8. The molecule has 0 aliphatic carbocycles. The summed E-state index contributed by atoms with van der Waals surface area (Å²) in [6.45, 7) is 2.95. The largest absolute Gasteiger partial charge is 0.375 e. The molecule has 0 radical (unpaired) electrons. The molecule has 1 aromatic rings. The van der Waals surface area contributed by atoms with Crippen LogP contribution in [0.3, 0.4) is 0 Å². The van der Waals surface area contributed by atoms with E-state index in [1.54, 1.807) is 16.8 Å². The third kappa shape index (κ3) is 4.38. The summed E-state index contributed by atoms with van der Waals surface area (Å²) in [4.78, 5) is 28.9. The van der Waals surface area contributed by atoms with Crippen LogP contribution in [0, 0.1) is 0 Å². The zero-order chi connectivity index (χ0) is 15.9. The Kier molecular flexibility index (Phi) is 5.63. The summed E-state index contributed by atoms with van der Waals surface area (Å²) in [5.74, 6) is -0.0917. The number of nitrogens with one attached hydrogen (secondary N) is 1. The second-order valence-electron chi connectivity index (χ2n) is 5.59. The number of hydrogen-bond donors (Lipinski definition) is 1. The van der Waals surface area contributed by atoms with Crippen LogP contribution in [0.5, 0.6) is 0 Å². The van der Waals surface area contributed by atoms with Crippen LogP contribution in [-0.2, 0) is 4.79 Å². The number of urea groups is 1. The smallest absolute Gasteiger partial charge is 0.320 e. The third-order valence-corrected chi connectivity index (χ3v) is 3.83. The number of carbonyl (C=O) groups excluding carboxylic acids is 2. The molecule has 1 aliphatic heterocycles. The monoisotopic (exact) mass is 304 g/mol. The van der Waals surface area contributed by atoms with Crippen molar-refractivity contribution in [1.29, 1.82) is 0 Å². The predicted molar refractivity (Wildman–Crippen MR) is 86.9 cm³/mol. The summed E-state index contributed by atoms with van der Waals surface area (Å²) in [7, 11) is 3.79. The van der Waals surface area contributed by atoms with E-state index in [0.29, 0.717) is 19.6 Å². The zero-order valence-electron chi connectivity index (χ0n) is 13.3. The molecule has 3 amide bonds. The normalized spacial score (nSPS) is 14.4. The van der Waals surface area contributed by atoms with Gasteiger partial charge in [0.1, 0.15) is 6.54 Å². The van der Waals surface area contributed by atoms with E-state index in [2.05, 4.69) is 22.3 Å². The summed E-state index contributed by atoms with van der Waals surface area (Å²) in [6.07, 6.45) is 0.866. The van der Waals surface area contributed by atoms with Gasteiger partial charge in [-0.2, -0.15) is 0 Å². The number of likely N-dealkylation sites (N-methyl/N-ethyl adjacent to an activating group) is 1. The van der Waals surface area contributed by atoms with Crippen LogP contribution in [0.15, 0.2) is 30.3 Å². The van der Waals surface area contributed by atoms with Crippen molar-refractivity contribution in [3.63, 3.8) is 0 Å². The number of hydrogen-bond acceptors (Lipinski definition) is 3. The fourth-order valence-electron chi connectivity index (χ4n) is 2.43. The quantitative estimate of drug-likeness (QED) is 0.765. The second kappa shape index (κ2) is 7.68. The first-order valence-electron chi connectivity index (χ1n) is 7.61. The average Bonchev–Trinajstić information content (AvgIpc) is 2.84. The van der Waals surface area contributed by atoms with Crippen LogP contribution in [-0.4, -0.2) is 68.6 Å². The maximum absolute atomic E-state index is 11.8. The Hall–Kier alpha value is -2.24. The van der Waals surface area contributed by atoms with Gasteiger partial charge in [-0.15, -0.1) is 0 Å². The topological polar surface area (TPSA) is 55.9 Å². The number of para-hydroxylation sites is 1. The standard InChI is InChI=1S/C16H24N4O2/c1-18(14-7-4-3-5-8-14)10-6-9-17-15(21)13-20-12-11-19(2)16(20)22/h3-5,7-8H,6,9-13H2,1-2H3,(H,17,21). The Bertz CT molecular complexity index is 506. The lowest BCUT2D eigenvalue weighted by Crippen LogP contribution is -2.40. The van der Waals surface area contributed by atoms with Crippen LogP contribution in [0.25, 0.3) is 0 Å². The molecule has 1 aromatic carbocycles. The minimum atomic E-state index is -0.0917. The summed E-state index contributed by atoms with van der Waals surface area (Å²) in [5.41, 5.74) is 1.17. The van der Waals surface area contributed by atoms with Gasteiger partial charge in [-0.05, 0) is 18.6 Å². The Morgan fingerprint density at radius 3 is 2.64 bits per heavy atom. The van der Waals surface area contributed by atoms with Crippen molar-refractivity contribution in [3.8, 4) is 0 Å². The summed E-state index contributed by atoms with van der Waals surface area (Å²) >= 11 is 0. The van der Waals surface area contributed by atoms with Crippen molar-refractivity contribution >= 4 is 17.6 Å². The van der Waals surface area contributed by atoms with Gasteiger partial charge < -0.3 is 20.0 Å². The number of amides is 3. The van der Waals surface area contributed by atoms with E-state index in [1.807, 2.05) is 25.2 Å². The van der Waals surface area contributed by atoms with Gasteiger partial charge in [-0.1, -0.05) is 18.2 Å². The molecule has 0 atom stereocenters. The highest BCUT2D eigenvalue weighted by molar-refractivity contribution is 5.84. The maximum Gasteiger partial charge on any atom is 0.320 e. The van der Waals surface area contributed by atoms with Gasteiger partial charge in [0.05, 0.1) is 0 Å². The van der Waals surface area contributed by atoms with Crippen LogP contribution in [0.1, 0.15) is 6.42 Å². The van der Waals surface area contributed by atoms with Gasteiger partial charge >= 0.3 is 6.03 Å². The molecule has 1 heterocycles. The molecule has 22 heavy (non-hydrogen) atoms. The van der Waals surface area contributed by atoms with E-state index in [4.69, 9.17) is 0 Å². The Balaban J connectivity index is 1.62. The van der Waals surface area contributed by atoms with Gasteiger partial charge in [0.25, 0.3) is 0 Å². The van der Waals surface area contributed by atoms with Crippen molar-refractivity contribution in [2.75, 3.05) is 51.7 Å². The van der Waals surface area contributed by atoms with Crippen molar-refractivity contribution < 1.29 is 9.59 Å². The first-order chi connectivity index (χ1) is 10.6. The van der Waals surface area contributed by atoms with Crippen LogP contribution >= 0.6 is 0 Å². The molecule has 0 unspecified atom stereocenters. The number of carbonyl (C=O) groups is 2. The first kappa shape index (κ1) is 16.1. The molecule has 0 aromatic heterocycles. The highest BCUT2D eigenvalue weighted by Gasteiger charge is 2.26. The van der Waals surface area contributed by atoms with E-state index < -0.39 is 0 Å². The summed E-state index contributed by atoms with van der Waals surface area (Å²) in [5, 5.41) is 2.87.